The van der Waals surface area contributed by atoms with Crippen molar-refractivity contribution in [3.05, 3.63) is 54.1 Å². The number of carbonyl (C=O) groups is 1. The average molecular weight is 286 g/mol. The molecule has 0 saturated carbocycles. The largest absolute Gasteiger partial charge is 0.497 e. The Morgan fingerprint density at radius 3 is 2.81 bits per heavy atom. The molecule has 1 heterocycles. The van der Waals surface area contributed by atoms with Crippen molar-refractivity contribution in [1.29, 1.82) is 0 Å². The summed E-state index contributed by atoms with van der Waals surface area (Å²) in [6, 6.07) is 8.91. The van der Waals surface area contributed by atoms with Gasteiger partial charge in [-0.3, -0.25) is 4.57 Å². The molecule has 21 heavy (non-hydrogen) atoms. The second-order valence-corrected chi connectivity index (χ2v) is 4.44. The van der Waals surface area contributed by atoms with Crippen LogP contribution in [0.2, 0.25) is 0 Å². The first-order chi connectivity index (χ1) is 10.1. The van der Waals surface area contributed by atoms with Gasteiger partial charge in [-0.1, -0.05) is 0 Å². The van der Waals surface area contributed by atoms with Crippen molar-refractivity contribution < 1.29 is 19.0 Å². The van der Waals surface area contributed by atoms with Crippen molar-refractivity contribution in [2.24, 2.45) is 0 Å². The zero-order chi connectivity index (χ0) is 15.0. The topological polar surface area (TPSA) is 64.4 Å². The van der Waals surface area contributed by atoms with Crippen molar-refractivity contribution >= 4 is 17.0 Å². The van der Waals surface area contributed by atoms with Gasteiger partial charge in [-0.05, 0) is 30.3 Å². The molecule has 5 nitrogen and oxygen atoms in total. The van der Waals surface area contributed by atoms with Crippen molar-refractivity contribution in [3.63, 3.8) is 0 Å². The number of imidazole rings is 1. The Kier molecular flexibility index (Phi) is 3.06. The molecule has 3 aromatic rings. The van der Waals surface area contributed by atoms with Gasteiger partial charge in [0.1, 0.15) is 17.9 Å². The number of ether oxygens (including phenoxy) is 1. The molecule has 0 amide bonds. The molecule has 3 rings (SSSR count). The van der Waals surface area contributed by atoms with Gasteiger partial charge in [0.15, 0.2) is 0 Å². The first-order valence-electron chi connectivity index (χ1n) is 6.14. The lowest BCUT2D eigenvalue weighted by molar-refractivity contribution is 0.0697. The number of benzene rings is 2. The molecule has 0 atom stereocenters. The second kappa shape index (κ2) is 4.90. The summed E-state index contributed by atoms with van der Waals surface area (Å²) in [7, 11) is 1.50. The predicted octanol–water partition coefficient (Wildman–Crippen LogP) is 2.87. The lowest BCUT2D eigenvalue weighted by Gasteiger charge is -2.08. The van der Waals surface area contributed by atoms with Gasteiger partial charge >= 0.3 is 5.97 Å². The van der Waals surface area contributed by atoms with E-state index in [1.165, 1.54) is 37.7 Å². The van der Waals surface area contributed by atoms with Crippen LogP contribution in [-0.4, -0.2) is 27.7 Å². The molecule has 2 aromatic carbocycles. The van der Waals surface area contributed by atoms with E-state index < -0.39 is 11.8 Å². The number of aromatic carboxylic acids is 1. The van der Waals surface area contributed by atoms with Crippen molar-refractivity contribution in [2.75, 3.05) is 7.11 Å². The number of rotatable bonds is 3. The Balaban J connectivity index is 2.19. The van der Waals surface area contributed by atoms with E-state index in [4.69, 9.17) is 9.84 Å². The zero-order valence-electron chi connectivity index (χ0n) is 11.1. The number of carboxylic acids is 1. The minimum absolute atomic E-state index is 0.138. The van der Waals surface area contributed by atoms with Crippen molar-refractivity contribution in [1.82, 2.24) is 9.55 Å². The van der Waals surface area contributed by atoms with E-state index in [0.29, 0.717) is 22.5 Å². The molecule has 106 valence electrons. The molecule has 1 aromatic heterocycles. The van der Waals surface area contributed by atoms with Gasteiger partial charge in [-0.25, -0.2) is 14.2 Å². The molecule has 0 saturated heterocycles. The van der Waals surface area contributed by atoms with E-state index in [9.17, 15) is 9.18 Å². The van der Waals surface area contributed by atoms with Crippen LogP contribution in [0.3, 0.4) is 0 Å². The predicted molar refractivity (Wildman–Crippen MR) is 74.5 cm³/mol. The number of methoxy groups -OCH3 is 1. The van der Waals surface area contributed by atoms with Crippen LogP contribution in [0.1, 0.15) is 10.4 Å². The van der Waals surface area contributed by atoms with Gasteiger partial charge in [0.2, 0.25) is 0 Å². The highest BCUT2D eigenvalue weighted by Crippen LogP contribution is 2.24. The van der Waals surface area contributed by atoms with Gasteiger partial charge in [-0.15, -0.1) is 0 Å². The minimum Gasteiger partial charge on any atom is -0.497 e. The Morgan fingerprint density at radius 1 is 1.29 bits per heavy atom. The van der Waals surface area contributed by atoms with Gasteiger partial charge in [-0.2, -0.15) is 0 Å². The summed E-state index contributed by atoms with van der Waals surface area (Å²) in [6.45, 7) is 0. The molecular weight excluding hydrogens is 275 g/mol. The molecule has 0 spiro atoms. The van der Waals surface area contributed by atoms with Crippen LogP contribution < -0.4 is 4.74 Å². The first-order valence-corrected chi connectivity index (χ1v) is 6.14. The quantitative estimate of drug-likeness (QED) is 0.804. The summed E-state index contributed by atoms with van der Waals surface area (Å²) >= 11 is 0. The lowest BCUT2D eigenvalue weighted by atomic mass is 10.2. The molecule has 0 aliphatic heterocycles. The standard InChI is InChI=1S/C15H11FN2O3/c1-21-10-3-4-11(16)14(7-10)18-8-17-12-6-9(15(19)20)2-5-13(12)18/h2-8H,1H3,(H,19,20). The number of hydrogen-bond acceptors (Lipinski definition) is 3. The van der Waals surface area contributed by atoms with E-state index in [0.717, 1.165) is 0 Å². The van der Waals surface area contributed by atoms with E-state index in [2.05, 4.69) is 4.98 Å². The Bertz CT molecular complexity index is 842. The maximum absolute atomic E-state index is 14.0. The van der Waals surface area contributed by atoms with Crippen molar-refractivity contribution in [3.8, 4) is 11.4 Å². The van der Waals surface area contributed by atoms with Crippen LogP contribution in [0, 0.1) is 5.82 Å². The van der Waals surface area contributed by atoms with Gasteiger partial charge in [0, 0.05) is 6.07 Å². The molecule has 0 unspecified atom stereocenters. The molecular formula is C15H11FN2O3. The fraction of sp³-hybridized carbons (Fsp3) is 0.0667. The molecule has 0 fully saturated rings. The number of carboxylic acid groups (broad SMARTS) is 1. The summed E-state index contributed by atoms with van der Waals surface area (Å²) < 4.78 is 20.7. The Morgan fingerprint density at radius 2 is 2.10 bits per heavy atom. The summed E-state index contributed by atoms with van der Waals surface area (Å²) in [4.78, 5) is 15.1. The maximum Gasteiger partial charge on any atom is 0.335 e. The normalized spacial score (nSPS) is 10.8. The Hall–Kier alpha value is -2.89. The smallest absolute Gasteiger partial charge is 0.335 e. The SMILES string of the molecule is COc1ccc(F)c(-n2cnc3cc(C(=O)O)ccc32)c1. The number of fused-ring (bicyclic) bond motifs is 1. The fourth-order valence-corrected chi connectivity index (χ4v) is 2.14. The van der Waals surface area contributed by atoms with Crippen LogP contribution in [0.15, 0.2) is 42.7 Å². The van der Waals surface area contributed by atoms with E-state index in [1.54, 1.807) is 16.7 Å². The van der Waals surface area contributed by atoms with E-state index in [1.807, 2.05) is 0 Å². The lowest BCUT2D eigenvalue weighted by Crippen LogP contribution is -1.98. The molecule has 0 aliphatic rings. The summed E-state index contributed by atoms with van der Waals surface area (Å²) in [5.74, 6) is -0.924. The van der Waals surface area contributed by atoms with Crippen LogP contribution in [0.4, 0.5) is 4.39 Å². The first kappa shape index (κ1) is 13.1. The second-order valence-electron chi connectivity index (χ2n) is 4.44. The summed E-state index contributed by atoms with van der Waals surface area (Å²) in [5, 5.41) is 8.97. The van der Waals surface area contributed by atoms with Crippen LogP contribution in [-0.2, 0) is 0 Å². The Labute approximate surface area is 119 Å². The van der Waals surface area contributed by atoms with Gasteiger partial charge in [0.05, 0.1) is 29.4 Å². The summed E-state index contributed by atoms with van der Waals surface area (Å²) in [5.41, 5.74) is 1.53. The van der Waals surface area contributed by atoms with Crippen LogP contribution >= 0.6 is 0 Å². The molecule has 6 heteroatoms. The number of halogens is 1. The third kappa shape index (κ3) is 2.20. The van der Waals surface area contributed by atoms with Gasteiger partial charge in [0.25, 0.3) is 0 Å². The maximum atomic E-state index is 14.0. The van der Waals surface area contributed by atoms with Crippen LogP contribution in [0.5, 0.6) is 5.75 Å². The van der Waals surface area contributed by atoms with Crippen LogP contribution in [0.25, 0.3) is 16.7 Å². The number of aromatic nitrogens is 2. The van der Waals surface area contributed by atoms with Crippen molar-refractivity contribution in [2.45, 2.75) is 0 Å². The highest BCUT2D eigenvalue weighted by atomic mass is 19.1. The third-order valence-corrected chi connectivity index (χ3v) is 3.21. The zero-order valence-corrected chi connectivity index (χ0v) is 11.1. The molecule has 1 N–H and O–H groups in total. The average Bonchev–Trinajstić information content (AvgIpc) is 2.90. The highest BCUT2D eigenvalue weighted by Gasteiger charge is 2.12. The van der Waals surface area contributed by atoms with E-state index >= 15 is 0 Å². The fourth-order valence-electron chi connectivity index (χ4n) is 2.14. The monoisotopic (exact) mass is 286 g/mol. The summed E-state index contributed by atoms with van der Waals surface area (Å²) in [6.07, 6.45) is 1.45. The number of nitrogens with zero attached hydrogens (tertiary/aromatic N) is 2. The minimum atomic E-state index is -1.03. The molecule has 0 aliphatic carbocycles. The third-order valence-electron chi connectivity index (χ3n) is 3.21. The van der Waals surface area contributed by atoms with Gasteiger partial charge < -0.3 is 9.84 Å². The molecule has 0 radical (unpaired) electrons. The van der Waals surface area contributed by atoms with E-state index in [-0.39, 0.29) is 5.56 Å². The highest BCUT2D eigenvalue weighted by molar-refractivity contribution is 5.92. The molecule has 0 bridgehead atoms. The number of hydrogen-bond donors (Lipinski definition) is 1.